The van der Waals surface area contributed by atoms with Gasteiger partial charge in [-0.1, -0.05) is 6.07 Å². The van der Waals surface area contributed by atoms with E-state index in [-0.39, 0.29) is 21.9 Å². The van der Waals surface area contributed by atoms with Crippen LogP contribution in [0.2, 0.25) is 0 Å². The number of sulfone groups is 1. The maximum absolute atomic E-state index is 13.1. The zero-order valence-electron chi connectivity index (χ0n) is 16.9. The van der Waals surface area contributed by atoms with Gasteiger partial charge in [-0.2, -0.15) is 5.10 Å². The van der Waals surface area contributed by atoms with E-state index in [1.807, 2.05) is 0 Å². The molecule has 0 unspecified atom stereocenters. The first-order chi connectivity index (χ1) is 15.5. The second-order valence-electron chi connectivity index (χ2n) is 7.12. The molecule has 5 aromatic rings. The molecule has 160 valence electrons. The molecule has 0 saturated carbocycles. The number of rotatable bonds is 5. The van der Waals surface area contributed by atoms with Gasteiger partial charge in [0.05, 0.1) is 35.0 Å². The van der Waals surface area contributed by atoms with Gasteiger partial charge in [0.2, 0.25) is 15.7 Å². The van der Waals surface area contributed by atoms with Gasteiger partial charge < -0.3 is 9.14 Å². The average Bonchev–Trinajstić information content (AvgIpc) is 3.29. The first kappa shape index (κ1) is 19.9. The molecule has 0 amide bonds. The summed E-state index contributed by atoms with van der Waals surface area (Å²) in [6.07, 6.45) is 8.08. The summed E-state index contributed by atoms with van der Waals surface area (Å²) < 4.78 is 34.3. The lowest BCUT2D eigenvalue weighted by atomic mass is 10.2. The molecular weight excluding hydrogens is 430 g/mol. The fraction of sp³-hybridized carbons (Fsp3) is 0.0909. The number of hydrogen-bond donors (Lipinski definition) is 0. The molecule has 0 aliphatic rings. The van der Waals surface area contributed by atoms with Crippen LogP contribution < -0.4 is 10.3 Å². The van der Waals surface area contributed by atoms with E-state index in [4.69, 9.17) is 4.74 Å². The Morgan fingerprint density at radius 1 is 0.969 bits per heavy atom. The Kier molecular flexibility index (Phi) is 4.71. The number of ether oxygens (including phenoxy) is 1. The van der Waals surface area contributed by atoms with E-state index in [2.05, 4.69) is 15.1 Å². The Hall–Kier alpha value is -4.05. The number of imidazole rings is 1. The summed E-state index contributed by atoms with van der Waals surface area (Å²) in [6.45, 7) is 0.232. The lowest BCUT2D eigenvalue weighted by Gasteiger charge is -2.09. The van der Waals surface area contributed by atoms with Crippen molar-refractivity contribution in [3.05, 3.63) is 89.4 Å². The lowest BCUT2D eigenvalue weighted by Crippen LogP contribution is -2.23. The standard InChI is InChI=1S/C22H17N5O4S/c1-31-21-5-2-15(12-24-21)14-27-22(28)19-4-3-17(10-16(19)13-25-27)32(29,30)18-6-8-26-9-7-23-20(26)11-18/h2-13H,14H2,1H3. The molecule has 5 rings (SSSR count). The zero-order valence-corrected chi connectivity index (χ0v) is 17.7. The molecule has 0 N–H and O–H groups in total. The summed E-state index contributed by atoms with van der Waals surface area (Å²) in [5.74, 6) is 0.480. The van der Waals surface area contributed by atoms with Crippen LogP contribution in [-0.2, 0) is 16.4 Å². The fourth-order valence-electron chi connectivity index (χ4n) is 3.44. The monoisotopic (exact) mass is 447 g/mol. The minimum absolute atomic E-state index is 0.0826. The van der Waals surface area contributed by atoms with Crippen LogP contribution in [0.4, 0.5) is 0 Å². The van der Waals surface area contributed by atoms with Crippen molar-refractivity contribution in [1.29, 1.82) is 0 Å². The number of pyridine rings is 2. The zero-order chi connectivity index (χ0) is 22.3. The molecule has 0 atom stereocenters. The van der Waals surface area contributed by atoms with Crippen molar-refractivity contribution in [3.8, 4) is 5.88 Å². The molecule has 0 radical (unpaired) electrons. The quantitative estimate of drug-likeness (QED) is 0.407. The second-order valence-corrected chi connectivity index (χ2v) is 9.07. The minimum Gasteiger partial charge on any atom is -0.481 e. The topological polar surface area (TPSA) is 108 Å². The SMILES string of the molecule is COc1ccc(Cn2ncc3cc(S(=O)(=O)c4ccn5ccnc5c4)ccc3c2=O)cn1. The normalized spacial score (nSPS) is 11.8. The van der Waals surface area contributed by atoms with E-state index in [1.54, 1.807) is 41.3 Å². The Morgan fingerprint density at radius 3 is 2.59 bits per heavy atom. The molecule has 0 saturated heterocycles. The molecule has 0 aliphatic heterocycles. The Morgan fingerprint density at radius 2 is 1.81 bits per heavy atom. The molecule has 1 aromatic carbocycles. The van der Waals surface area contributed by atoms with Crippen molar-refractivity contribution in [2.75, 3.05) is 7.11 Å². The average molecular weight is 447 g/mol. The number of fused-ring (bicyclic) bond motifs is 2. The summed E-state index contributed by atoms with van der Waals surface area (Å²) in [4.78, 5) is 21.4. The first-order valence-corrected chi connectivity index (χ1v) is 11.1. The van der Waals surface area contributed by atoms with E-state index in [1.165, 1.54) is 48.3 Å². The minimum atomic E-state index is -3.79. The molecule has 4 aromatic heterocycles. The van der Waals surface area contributed by atoms with Crippen LogP contribution in [0.3, 0.4) is 0 Å². The Labute approximate surface area is 182 Å². The van der Waals surface area contributed by atoms with Crippen LogP contribution in [0.1, 0.15) is 5.56 Å². The third-order valence-corrected chi connectivity index (χ3v) is 6.90. The van der Waals surface area contributed by atoms with Crippen molar-refractivity contribution in [1.82, 2.24) is 24.1 Å². The molecule has 0 bridgehead atoms. The molecule has 9 nitrogen and oxygen atoms in total. The largest absolute Gasteiger partial charge is 0.481 e. The van der Waals surface area contributed by atoms with E-state index < -0.39 is 9.84 Å². The van der Waals surface area contributed by atoms with Gasteiger partial charge in [0, 0.05) is 42.3 Å². The van der Waals surface area contributed by atoms with Gasteiger partial charge in [0.25, 0.3) is 5.56 Å². The maximum atomic E-state index is 13.1. The predicted molar refractivity (Wildman–Crippen MR) is 117 cm³/mol. The van der Waals surface area contributed by atoms with Crippen molar-refractivity contribution in [2.45, 2.75) is 16.3 Å². The molecule has 4 heterocycles. The predicted octanol–water partition coefficient (Wildman–Crippen LogP) is 2.33. The summed E-state index contributed by atoms with van der Waals surface area (Å²) in [7, 11) is -2.26. The van der Waals surface area contributed by atoms with Crippen LogP contribution in [0, 0.1) is 0 Å². The molecular formula is C22H17N5O4S. The molecule has 0 fully saturated rings. The van der Waals surface area contributed by atoms with Crippen molar-refractivity contribution < 1.29 is 13.2 Å². The van der Waals surface area contributed by atoms with Gasteiger partial charge >= 0.3 is 0 Å². The number of benzene rings is 1. The van der Waals surface area contributed by atoms with Crippen LogP contribution in [0.5, 0.6) is 5.88 Å². The van der Waals surface area contributed by atoms with Crippen molar-refractivity contribution >= 4 is 26.3 Å². The number of hydrogen-bond acceptors (Lipinski definition) is 7. The highest BCUT2D eigenvalue weighted by Crippen LogP contribution is 2.24. The van der Waals surface area contributed by atoms with Crippen molar-refractivity contribution in [3.63, 3.8) is 0 Å². The van der Waals surface area contributed by atoms with Crippen LogP contribution in [0.25, 0.3) is 16.4 Å². The number of aromatic nitrogens is 5. The molecule has 0 aliphatic carbocycles. The maximum Gasteiger partial charge on any atom is 0.274 e. The van der Waals surface area contributed by atoms with Gasteiger partial charge in [-0.15, -0.1) is 0 Å². The summed E-state index contributed by atoms with van der Waals surface area (Å²) in [6, 6.07) is 11.0. The highest BCUT2D eigenvalue weighted by Gasteiger charge is 2.19. The van der Waals surface area contributed by atoms with E-state index in [0.29, 0.717) is 22.3 Å². The molecule has 0 spiro atoms. The van der Waals surface area contributed by atoms with Gasteiger partial charge in [-0.05, 0) is 29.8 Å². The van der Waals surface area contributed by atoms with Gasteiger partial charge in [-0.3, -0.25) is 4.79 Å². The summed E-state index contributed by atoms with van der Waals surface area (Å²) in [5, 5.41) is 5.04. The highest BCUT2D eigenvalue weighted by molar-refractivity contribution is 7.91. The third-order valence-electron chi connectivity index (χ3n) is 5.15. The van der Waals surface area contributed by atoms with E-state index in [9.17, 15) is 13.2 Å². The summed E-state index contributed by atoms with van der Waals surface area (Å²) in [5.41, 5.74) is 0.999. The second kappa shape index (κ2) is 7.57. The number of nitrogens with zero attached hydrogens (tertiary/aromatic N) is 5. The Bertz CT molecular complexity index is 1620. The van der Waals surface area contributed by atoms with Crippen LogP contribution >= 0.6 is 0 Å². The van der Waals surface area contributed by atoms with Crippen molar-refractivity contribution in [2.24, 2.45) is 0 Å². The smallest absolute Gasteiger partial charge is 0.274 e. The summed E-state index contributed by atoms with van der Waals surface area (Å²) >= 11 is 0. The first-order valence-electron chi connectivity index (χ1n) is 9.62. The number of methoxy groups -OCH3 is 1. The van der Waals surface area contributed by atoms with Gasteiger partial charge in [0.15, 0.2) is 0 Å². The highest BCUT2D eigenvalue weighted by atomic mass is 32.2. The lowest BCUT2D eigenvalue weighted by molar-refractivity contribution is 0.397. The van der Waals surface area contributed by atoms with Crippen LogP contribution in [0.15, 0.2) is 88.0 Å². The fourth-order valence-corrected chi connectivity index (χ4v) is 4.74. The van der Waals surface area contributed by atoms with Gasteiger partial charge in [-0.25, -0.2) is 23.1 Å². The van der Waals surface area contributed by atoms with E-state index in [0.717, 1.165) is 5.56 Å². The molecule has 10 heteroatoms. The third kappa shape index (κ3) is 3.40. The Balaban J connectivity index is 1.51. The van der Waals surface area contributed by atoms with E-state index >= 15 is 0 Å². The molecule has 32 heavy (non-hydrogen) atoms. The van der Waals surface area contributed by atoms with Gasteiger partial charge in [0.1, 0.15) is 5.65 Å². The van der Waals surface area contributed by atoms with Crippen LogP contribution in [-0.4, -0.2) is 39.7 Å².